The van der Waals surface area contributed by atoms with Crippen LogP contribution < -0.4 is 0 Å². The van der Waals surface area contributed by atoms with Crippen LogP contribution in [0.2, 0.25) is 0 Å². The highest BCUT2D eigenvalue weighted by Gasteiger charge is 2.33. The second-order valence-electron chi connectivity index (χ2n) is 5.27. The van der Waals surface area contributed by atoms with Gasteiger partial charge < -0.3 is 15.0 Å². The quantitative estimate of drug-likeness (QED) is 0.821. The Morgan fingerprint density at radius 1 is 1.40 bits per heavy atom. The lowest BCUT2D eigenvalue weighted by Crippen LogP contribution is -2.46. The largest absolute Gasteiger partial charge is 0.481 e. The first kappa shape index (κ1) is 14.3. The van der Waals surface area contributed by atoms with Gasteiger partial charge >= 0.3 is 5.97 Å². The number of likely N-dealkylation sites (tertiary alicyclic amines) is 1. The van der Waals surface area contributed by atoms with Crippen LogP contribution in [-0.4, -0.2) is 45.2 Å². The van der Waals surface area contributed by atoms with Gasteiger partial charge in [-0.3, -0.25) is 14.4 Å². The molecule has 1 fully saturated rings. The predicted molar refractivity (Wildman–Crippen MR) is 71.7 cm³/mol. The van der Waals surface area contributed by atoms with E-state index in [9.17, 15) is 14.4 Å². The average molecular weight is 278 g/mol. The van der Waals surface area contributed by atoms with Crippen LogP contribution in [0.4, 0.5) is 0 Å². The van der Waals surface area contributed by atoms with Gasteiger partial charge in [0, 0.05) is 24.3 Å². The lowest BCUT2D eigenvalue weighted by molar-refractivity contribution is -0.143. The summed E-state index contributed by atoms with van der Waals surface area (Å²) in [5.41, 5.74) is 0.845. The number of amides is 1. The van der Waals surface area contributed by atoms with E-state index in [1.807, 2.05) is 6.92 Å². The molecule has 2 unspecified atom stereocenters. The number of carboxylic acids is 1. The van der Waals surface area contributed by atoms with Crippen molar-refractivity contribution >= 4 is 17.7 Å². The van der Waals surface area contributed by atoms with Crippen LogP contribution in [0.15, 0.2) is 12.3 Å². The number of nitrogens with one attached hydrogen (secondary N) is 1. The molecule has 1 aromatic rings. The molecule has 0 bridgehead atoms. The SMILES string of the molecule is CC(=O)c1c[nH]c(C(=O)N2CCC(C(=O)O)CC2C)c1. The van der Waals surface area contributed by atoms with Gasteiger partial charge in [0.25, 0.3) is 5.91 Å². The van der Waals surface area contributed by atoms with Crippen molar-refractivity contribution in [3.63, 3.8) is 0 Å². The van der Waals surface area contributed by atoms with Gasteiger partial charge in [0.2, 0.25) is 0 Å². The predicted octanol–water partition coefficient (Wildman–Crippen LogP) is 1.54. The topological polar surface area (TPSA) is 90.5 Å². The molecule has 1 aromatic heterocycles. The van der Waals surface area contributed by atoms with Crippen molar-refractivity contribution in [1.82, 2.24) is 9.88 Å². The maximum absolute atomic E-state index is 12.4. The maximum Gasteiger partial charge on any atom is 0.306 e. The molecule has 6 heteroatoms. The van der Waals surface area contributed by atoms with E-state index in [0.29, 0.717) is 30.6 Å². The van der Waals surface area contributed by atoms with Crippen molar-refractivity contribution in [2.24, 2.45) is 5.92 Å². The van der Waals surface area contributed by atoms with Crippen LogP contribution >= 0.6 is 0 Å². The van der Waals surface area contributed by atoms with Gasteiger partial charge in [0.1, 0.15) is 5.69 Å². The number of H-pyrrole nitrogens is 1. The third-order valence-electron chi connectivity index (χ3n) is 3.81. The number of Topliss-reactive ketones (excluding diaryl/α,β-unsaturated/α-hetero) is 1. The number of hydrogen-bond acceptors (Lipinski definition) is 3. The lowest BCUT2D eigenvalue weighted by atomic mass is 9.91. The second kappa shape index (κ2) is 5.48. The van der Waals surface area contributed by atoms with E-state index in [0.717, 1.165) is 0 Å². The highest BCUT2D eigenvalue weighted by molar-refractivity contribution is 5.99. The number of carbonyl (C=O) groups is 3. The summed E-state index contributed by atoms with van der Waals surface area (Å²) in [5.74, 6) is -1.47. The van der Waals surface area contributed by atoms with Crippen LogP contribution in [0.25, 0.3) is 0 Å². The molecule has 108 valence electrons. The number of hydrogen-bond donors (Lipinski definition) is 2. The van der Waals surface area contributed by atoms with Crippen molar-refractivity contribution in [2.45, 2.75) is 32.7 Å². The van der Waals surface area contributed by atoms with Crippen LogP contribution in [0.3, 0.4) is 0 Å². The van der Waals surface area contributed by atoms with E-state index >= 15 is 0 Å². The summed E-state index contributed by atoms with van der Waals surface area (Å²) in [5, 5.41) is 9.02. The monoisotopic (exact) mass is 278 g/mol. The summed E-state index contributed by atoms with van der Waals surface area (Å²) in [6.07, 6.45) is 2.44. The molecule has 2 atom stereocenters. The molecule has 2 N–H and O–H groups in total. The normalized spacial score (nSPS) is 22.6. The molecule has 1 aliphatic rings. The van der Waals surface area contributed by atoms with E-state index in [-0.39, 0.29) is 23.7 Å². The minimum atomic E-state index is -0.803. The number of carboxylic acid groups (broad SMARTS) is 1. The van der Waals surface area contributed by atoms with Crippen molar-refractivity contribution in [1.29, 1.82) is 0 Å². The maximum atomic E-state index is 12.4. The minimum Gasteiger partial charge on any atom is -0.481 e. The third kappa shape index (κ3) is 2.74. The fraction of sp³-hybridized carbons (Fsp3) is 0.500. The standard InChI is InChI=1S/C14H18N2O4/c1-8-5-10(14(19)20)3-4-16(8)13(18)12-6-11(7-15-12)9(2)17/h6-8,10,15H,3-5H2,1-2H3,(H,19,20). The fourth-order valence-electron chi connectivity index (χ4n) is 2.57. The third-order valence-corrected chi connectivity index (χ3v) is 3.81. The molecular formula is C14H18N2O4. The Balaban J connectivity index is 2.09. The molecule has 6 nitrogen and oxygen atoms in total. The molecule has 1 amide bonds. The smallest absolute Gasteiger partial charge is 0.306 e. The zero-order chi connectivity index (χ0) is 14.9. The summed E-state index contributed by atoms with van der Waals surface area (Å²) in [7, 11) is 0. The molecule has 0 spiro atoms. The number of aliphatic carboxylic acids is 1. The number of aromatic amines is 1. The fourth-order valence-corrected chi connectivity index (χ4v) is 2.57. The van der Waals surface area contributed by atoms with E-state index in [4.69, 9.17) is 5.11 Å². The van der Waals surface area contributed by atoms with Crippen molar-refractivity contribution < 1.29 is 19.5 Å². The van der Waals surface area contributed by atoms with Crippen molar-refractivity contribution in [2.75, 3.05) is 6.54 Å². The van der Waals surface area contributed by atoms with E-state index < -0.39 is 5.97 Å². The Labute approximate surface area is 116 Å². The first-order valence-corrected chi connectivity index (χ1v) is 6.63. The van der Waals surface area contributed by atoms with Gasteiger partial charge in [-0.15, -0.1) is 0 Å². The number of piperidine rings is 1. The second-order valence-corrected chi connectivity index (χ2v) is 5.27. The van der Waals surface area contributed by atoms with Gasteiger partial charge in [-0.1, -0.05) is 0 Å². The zero-order valence-electron chi connectivity index (χ0n) is 11.5. The Morgan fingerprint density at radius 2 is 2.10 bits per heavy atom. The Bertz CT molecular complexity index is 549. The minimum absolute atomic E-state index is 0.0991. The number of carbonyl (C=O) groups excluding carboxylic acids is 2. The summed E-state index contributed by atoms with van der Waals surface area (Å²) >= 11 is 0. The van der Waals surface area contributed by atoms with Gasteiger partial charge in [0.15, 0.2) is 5.78 Å². The van der Waals surface area contributed by atoms with Gasteiger partial charge in [0.05, 0.1) is 5.92 Å². The number of aromatic nitrogens is 1. The molecule has 20 heavy (non-hydrogen) atoms. The number of ketones is 1. The first-order valence-electron chi connectivity index (χ1n) is 6.63. The van der Waals surface area contributed by atoms with Crippen molar-refractivity contribution in [3.8, 4) is 0 Å². The summed E-state index contributed by atoms with van der Waals surface area (Å²) in [4.78, 5) is 39.0. The van der Waals surface area contributed by atoms with Crippen LogP contribution in [0, 0.1) is 5.92 Å². The van der Waals surface area contributed by atoms with Crippen LogP contribution in [0.1, 0.15) is 47.5 Å². The molecule has 2 rings (SSSR count). The zero-order valence-corrected chi connectivity index (χ0v) is 11.5. The summed E-state index contributed by atoms with van der Waals surface area (Å²) in [6.45, 7) is 3.71. The van der Waals surface area contributed by atoms with Crippen LogP contribution in [0.5, 0.6) is 0 Å². The molecule has 0 aromatic carbocycles. The van der Waals surface area contributed by atoms with Gasteiger partial charge in [-0.25, -0.2) is 0 Å². The average Bonchev–Trinajstić information content (AvgIpc) is 2.87. The summed E-state index contributed by atoms with van der Waals surface area (Å²) < 4.78 is 0. The summed E-state index contributed by atoms with van der Waals surface area (Å²) in [6, 6.07) is 1.42. The Morgan fingerprint density at radius 3 is 2.60 bits per heavy atom. The van der Waals surface area contributed by atoms with Gasteiger partial charge in [-0.2, -0.15) is 0 Å². The van der Waals surface area contributed by atoms with Crippen LogP contribution in [-0.2, 0) is 4.79 Å². The van der Waals surface area contributed by atoms with E-state index in [1.54, 1.807) is 11.0 Å². The molecule has 0 saturated carbocycles. The highest BCUT2D eigenvalue weighted by Crippen LogP contribution is 2.24. The lowest BCUT2D eigenvalue weighted by Gasteiger charge is -2.36. The molecule has 0 radical (unpaired) electrons. The van der Waals surface area contributed by atoms with Gasteiger partial charge in [-0.05, 0) is 32.8 Å². The number of nitrogens with zero attached hydrogens (tertiary/aromatic N) is 1. The highest BCUT2D eigenvalue weighted by atomic mass is 16.4. The Kier molecular flexibility index (Phi) is 3.92. The molecular weight excluding hydrogens is 260 g/mol. The molecule has 2 heterocycles. The number of rotatable bonds is 3. The molecule has 0 aliphatic carbocycles. The molecule has 1 aliphatic heterocycles. The first-order chi connectivity index (χ1) is 9.40. The Hall–Kier alpha value is -2.11. The van der Waals surface area contributed by atoms with Crippen molar-refractivity contribution in [3.05, 3.63) is 23.5 Å². The molecule has 1 saturated heterocycles. The van der Waals surface area contributed by atoms with E-state index in [2.05, 4.69) is 4.98 Å². The van der Waals surface area contributed by atoms with E-state index in [1.165, 1.54) is 13.1 Å².